The summed E-state index contributed by atoms with van der Waals surface area (Å²) in [5.74, 6) is 1.00. The van der Waals surface area contributed by atoms with Crippen LogP contribution in [-0.2, 0) is 10.0 Å². The zero-order valence-electron chi connectivity index (χ0n) is 14.1. The normalized spacial score (nSPS) is 16.4. The second-order valence-electron chi connectivity index (χ2n) is 6.41. The van der Waals surface area contributed by atoms with Gasteiger partial charge < -0.3 is 10.6 Å². The van der Waals surface area contributed by atoms with E-state index >= 15 is 0 Å². The number of carbonyl (C=O) groups excluding carboxylic acids is 1. The van der Waals surface area contributed by atoms with E-state index < -0.39 is 15.9 Å². The van der Waals surface area contributed by atoms with Crippen LogP contribution in [0.15, 0.2) is 18.3 Å². The molecule has 3 N–H and O–H groups in total. The van der Waals surface area contributed by atoms with Gasteiger partial charge in [0.25, 0.3) is 5.91 Å². The Morgan fingerprint density at radius 1 is 1.44 bits per heavy atom. The van der Waals surface area contributed by atoms with E-state index in [2.05, 4.69) is 14.6 Å². The van der Waals surface area contributed by atoms with E-state index in [0.29, 0.717) is 17.3 Å². The molecule has 3 rings (SSSR count). The van der Waals surface area contributed by atoms with Crippen LogP contribution in [0, 0.1) is 5.92 Å². The lowest BCUT2D eigenvalue weighted by molar-refractivity contribution is 0.100. The molecule has 3 heterocycles. The summed E-state index contributed by atoms with van der Waals surface area (Å²) in [6, 6.07) is 3.71. The first-order valence-electron chi connectivity index (χ1n) is 8.21. The maximum Gasteiger partial charge on any atom is 0.258 e. The average molecular weight is 383 g/mol. The van der Waals surface area contributed by atoms with Crippen LogP contribution >= 0.6 is 11.3 Å². The van der Waals surface area contributed by atoms with Crippen molar-refractivity contribution in [1.29, 1.82) is 0 Å². The number of fused-ring (bicyclic) bond motifs is 1. The number of anilines is 1. The molecule has 0 spiro atoms. The first kappa shape index (κ1) is 18.1. The molecule has 1 amide bonds. The Morgan fingerprint density at radius 3 is 2.80 bits per heavy atom. The number of piperidine rings is 1. The molecule has 0 bridgehead atoms. The molecule has 0 aliphatic carbocycles. The van der Waals surface area contributed by atoms with E-state index in [9.17, 15) is 13.2 Å². The minimum Gasteiger partial charge on any atom is -0.365 e. The van der Waals surface area contributed by atoms with Crippen molar-refractivity contribution in [3.63, 3.8) is 0 Å². The molecule has 0 saturated carbocycles. The Kier molecular flexibility index (Phi) is 5.26. The van der Waals surface area contributed by atoms with E-state index in [-0.39, 0.29) is 0 Å². The highest BCUT2D eigenvalue weighted by Crippen LogP contribution is 2.34. The predicted octanol–water partition coefficient (Wildman–Crippen LogP) is 1.55. The molecule has 0 aromatic carbocycles. The lowest BCUT2D eigenvalue weighted by Crippen LogP contribution is -2.35. The Balaban J connectivity index is 1.65. The van der Waals surface area contributed by atoms with Crippen molar-refractivity contribution >= 4 is 43.2 Å². The summed E-state index contributed by atoms with van der Waals surface area (Å²) in [6.45, 7) is 2.24. The number of nitrogens with zero attached hydrogens (tertiary/aromatic N) is 2. The van der Waals surface area contributed by atoms with Crippen molar-refractivity contribution < 1.29 is 13.2 Å². The molecule has 0 unspecified atom stereocenters. The van der Waals surface area contributed by atoms with Gasteiger partial charge in [0.1, 0.15) is 5.82 Å². The number of hydrogen-bond acceptors (Lipinski definition) is 6. The van der Waals surface area contributed by atoms with Crippen LogP contribution in [0.5, 0.6) is 0 Å². The fraction of sp³-hybridized carbons (Fsp3) is 0.500. The summed E-state index contributed by atoms with van der Waals surface area (Å²) in [7, 11) is -3.11. The van der Waals surface area contributed by atoms with Crippen molar-refractivity contribution in [1.82, 2.24) is 9.71 Å². The smallest absolute Gasteiger partial charge is 0.258 e. The molecule has 1 aliphatic heterocycles. The van der Waals surface area contributed by atoms with E-state index in [0.717, 1.165) is 48.3 Å². The number of amides is 1. The van der Waals surface area contributed by atoms with Crippen molar-refractivity contribution in [2.45, 2.75) is 19.3 Å². The van der Waals surface area contributed by atoms with Crippen LogP contribution in [0.25, 0.3) is 10.1 Å². The number of rotatable bonds is 6. The van der Waals surface area contributed by atoms with Crippen LogP contribution in [0.1, 0.15) is 28.9 Å². The second-order valence-corrected chi connectivity index (χ2v) is 9.30. The predicted molar refractivity (Wildman–Crippen MR) is 101 cm³/mol. The number of pyridine rings is 1. The molecule has 0 radical (unpaired) electrons. The average Bonchev–Trinajstić information content (AvgIpc) is 2.99. The molecule has 1 fully saturated rings. The SMILES string of the molecule is CS(=O)(=O)NCCC1CCN(c2nccc3cc(C(N)=O)sc23)CC1. The summed E-state index contributed by atoms with van der Waals surface area (Å²) >= 11 is 1.39. The molecule has 2 aromatic heterocycles. The number of thiophene rings is 1. The Hall–Kier alpha value is -1.71. The van der Waals surface area contributed by atoms with Gasteiger partial charge in [0.15, 0.2) is 0 Å². The third kappa shape index (κ3) is 4.47. The van der Waals surface area contributed by atoms with Crippen LogP contribution in [0.4, 0.5) is 5.82 Å². The molecule has 7 nitrogen and oxygen atoms in total. The molecule has 136 valence electrons. The lowest BCUT2D eigenvalue weighted by atomic mass is 9.93. The van der Waals surface area contributed by atoms with E-state index in [1.165, 1.54) is 17.6 Å². The molecule has 25 heavy (non-hydrogen) atoms. The van der Waals surface area contributed by atoms with E-state index in [4.69, 9.17) is 5.73 Å². The van der Waals surface area contributed by atoms with Gasteiger partial charge in [-0.05, 0) is 42.7 Å². The largest absolute Gasteiger partial charge is 0.365 e. The van der Waals surface area contributed by atoms with Crippen molar-refractivity contribution in [2.24, 2.45) is 11.7 Å². The first-order valence-corrected chi connectivity index (χ1v) is 10.9. The van der Waals surface area contributed by atoms with Crippen LogP contribution in [0.2, 0.25) is 0 Å². The second kappa shape index (κ2) is 7.27. The highest BCUT2D eigenvalue weighted by Gasteiger charge is 2.22. The molecule has 2 aromatic rings. The summed E-state index contributed by atoms with van der Waals surface area (Å²) in [5, 5.41) is 0.989. The van der Waals surface area contributed by atoms with Gasteiger partial charge in [-0.1, -0.05) is 0 Å². The Labute approximate surface area is 151 Å². The molecular formula is C16H22N4O3S2. The van der Waals surface area contributed by atoms with Crippen LogP contribution < -0.4 is 15.4 Å². The zero-order chi connectivity index (χ0) is 18.0. The molecular weight excluding hydrogens is 360 g/mol. The topological polar surface area (TPSA) is 105 Å². The van der Waals surface area contributed by atoms with Crippen LogP contribution in [-0.4, -0.2) is 45.2 Å². The summed E-state index contributed by atoms with van der Waals surface area (Å²) in [5.41, 5.74) is 5.39. The molecule has 0 atom stereocenters. The number of nitrogens with one attached hydrogen (secondary N) is 1. The maximum atomic E-state index is 11.4. The van der Waals surface area contributed by atoms with Gasteiger partial charge in [-0.25, -0.2) is 18.1 Å². The maximum absolute atomic E-state index is 11.4. The van der Waals surface area contributed by atoms with Gasteiger partial charge >= 0.3 is 0 Å². The first-order chi connectivity index (χ1) is 11.8. The number of hydrogen-bond donors (Lipinski definition) is 2. The van der Waals surface area contributed by atoms with Gasteiger partial charge in [0.2, 0.25) is 10.0 Å². The van der Waals surface area contributed by atoms with Crippen molar-refractivity contribution in [3.05, 3.63) is 23.2 Å². The molecule has 1 aliphatic rings. The zero-order valence-corrected chi connectivity index (χ0v) is 15.7. The number of aromatic nitrogens is 1. The summed E-state index contributed by atoms with van der Waals surface area (Å²) < 4.78 is 25.8. The van der Waals surface area contributed by atoms with Crippen molar-refractivity contribution in [3.8, 4) is 0 Å². The minimum absolute atomic E-state index is 0.413. The molecule has 1 saturated heterocycles. The third-order valence-corrected chi connectivity index (χ3v) is 6.38. The Morgan fingerprint density at radius 2 is 2.16 bits per heavy atom. The fourth-order valence-electron chi connectivity index (χ4n) is 3.18. The van der Waals surface area contributed by atoms with Crippen molar-refractivity contribution in [2.75, 3.05) is 30.8 Å². The quantitative estimate of drug-likeness (QED) is 0.788. The van der Waals surface area contributed by atoms with E-state index in [1.807, 2.05) is 12.1 Å². The van der Waals surface area contributed by atoms with Gasteiger partial charge in [-0.3, -0.25) is 4.79 Å². The Bertz CT molecular complexity index is 871. The number of carbonyl (C=O) groups is 1. The number of sulfonamides is 1. The highest BCUT2D eigenvalue weighted by molar-refractivity contribution is 7.88. The highest BCUT2D eigenvalue weighted by atomic mass is 32.2. The fourth-order valence-corrected chi connectivity index (χ4v) is 4.69. The molecule has 9 heteroatoms. The lowest BCUT2D eigenvalue weighted by Gasteiger charge is -2.33. The monoisotopic (exact) mass is 382 g/mol. The van der Waals surface area contributed by atoms with Gasteiger partial charge in [0.05, 0.1) is 15.8 Å². The summed E-state index contributed by atoms with van der Waals surface area (Å²) in [4.78, 5) is 18.7. The van der Waals surface area contributed by atoms with Gasteiger partial charge in [-0.15, -0.1) is 11.3 Å². The van der Waals surface area contributed by atoms with Crippen LogP contribution in [0.3, 0.4) is 0 Å². The number of nitrogens with two attached hydrogens (primary N) is 1. The number of primary amides is 1. The van der Waals surface area contributed by atoms with Gasteiger partial charge in [-0.2, -0.15) is 0 Å². The van der Waals surface area contributed by atoms with E-state index in [1.54, 1.807) is 6.20 Å². The third-order valence-electron chi connectivity index (χ3n) is 4.49. The standard InChI is InChI=1S/C16H22N4O3S2/c1-25(22,23)19-7-2-11-4-8-20(9-5-11)16-14-12(3-6-18-16)10-13(24-14)15(17)21/h3,6,10-11,19H,2,4-5,7-9H2,1H3,(H2,17,21). The minimum atomic E-state index is -3.11. The van der Waals surface area contributed by atoms with Gasteiger partial charge in [0, 0.05) is 25.8 Å². The summed E-state index contributed by atoms with van der Waals surface area (Å²) in [6.07, 6.45) is 5.79.